The standard InChI is InChI=1S/C14H12N2O/c1-16-12-6-8-13(9-7-12)17-14-5-3-2-4-11(14)10-15/h2-9,16H,1H3. The lowest BCUT2D eigenvalue weighted by Gasteiger charge is -2.07. The van der Waals surface area contributed by atoms with Crippen molar-refractivity contribution < 1.29 is 4.74 Å². The first kappa shape index (κ1) is 11.0. The third kappa shape index (κ3) is 2.56. The van der Waals surface area contributed by atoms with Crippen molar-refractivity contribution in [3.8, 4) is 17.6 Å². The van der Waals surface area contributed by atoms with Crippen LogP contribution in [0.25, 0.3) is 0 Å². The van der Waals surface area contributed by atoms with Crippen LogP contribution in [0.3, 0.4) is 0 Å². The molecule has 0 fully saturated rings. The van der Waals surface area contributed by atoms with Crippen LogP contribution in [0.5, 0.6) is 11.5 Å². The fourth-order valence-corrected chi connectivity index (χ4v) is 1.46. The molecule has 84 valence electrons. The summed E-state index contributed by atoms with van der Waals surface area (Å²) in [6.45, 7) is 0. The Bertz CT molecular complexity index is 541. The van der Waals surface area contributed by atoms with Crippen LogP contribution in [-0.2, 0) is 0 Å². The number of nitrogens with zero attached hydrogens (tertiary/aromatic N) is 1. The Morgan fingerprint density at radius 1 is 1.06 bits per heavy atom. The predicted octanol–water partition coefficient (Wildman–Crippen LogP) is 3.39. The van der Waals surface area contributed by atoms with Gasteiger partial charge in [0.25, 0.3) is 0 Å². The minimum atomic E-state index is 0.533. The molecule has 2 aromatic carbocycles. The van der Waals surface area contributed by atoms with E-state index in [2.05, 4.69) is 11.4 Å². The lowest BCUT2D eigenvalue weighted by molar-refractivity contribution is 0.481. The zero-order chi connectivity index (χ0) is 12.1. The van der Waals surface area contributed by atoms with Gasteiger partial charge in [-0.3, -0.25) is 0 Å². The summed E-state index contributed by atoms with van der Waals surface area (Å²) in [6.07, 6.45) is 0. The van der Waals surface area contributed by atoms with Crippen LogP contribution >= 0.6 is 0 Å². The minimum Gasteiger partial charge on any atom is -0.456 e. The molecule has 2 rings (SSSR count). The second-order valence-corrected chi connectivity index (χ2v) is 3.48. The molecule has 0 amide bonds. The Labute approximate surface area is 100 Å². The molecule has 1 N–H and O–H groups in total. The predicted molar refractivity (Wildman–Crippen MR) is 67.2 cm³/mol. The number of hydrogen-bond donors (Lipinski definition) is 1. The Balaban J connectivity index is 2.23. The molecule has 0 saturated heterocycles. The monoisotopic (exact) mass is 224 g/mol. The van der Waals surface area contributed by atoms with E-state index >= 15 is 0 Å². The van der Waals surface area contributed by atoms with Crippen molar-refractivity contribution in [2.75, 3.05) is 12.4 Å². The lowest BCUT2D eigenvalue weighted by Crippen LogP contribution is -1.89. The summed E-state index contributed by atoms with van der Waals surface area (Å²) in [5, 5.41) is 12.0. The van der Waals surface area contributed by atoms with Crippen LogP contribution < -0.4 is 10.1 Å². The van der Waals surface area contributed by atoms with Crippen molar-refractivity contribution in [3.05, 3.63) is 54.1 Å². The van der Waals surface area contributed by atoms with Gasteiger partial charge in [0.2, 0.25) is 0 Å². The van der Waals surface area contributed by atoms with E-state index in [0.717, 1.165) is 5.69 Å². The second kappa shape index (κ2) is 5.04. The molecule has 3 heteroatoms. The molecule has 3 nitrogen and oxygen atoms in total. The minimum absolute atomic E-state index is 0.533. The fraction of sp³-hybridized carbons (Fsp3) is 0.0714. The molecule has 0 radical (unpaired) electrons. The Kier molecular flexibility index (Phi) is 3.27. The molecular formula is C14H12N2O. The Morgan fingerprint density at radius 3 is 2.41 bits per heavy atom. The summed E-state index contributed by atoms with van der Waals surface area (Å²) < 4.78 is 5.65. The third-order valence-corrected chi connectivity index (χ3v) is 2.38. The van der Waals surface area contributed by atoms with Crippen LogP contribution in [0.1, 0.15) is 5.56 Å². The molecule has 0 aliphatic rings. The van der Waals surface area contributed by atoms with Gasteiger partial charge >= 0.3 is 0 Å². The Hall–Kier alpha value is -2.47. The molecule has 0 unspecified atom stereocenters. The van der Waals surface area contributed by atoms with E-state index in [9.17, 15) is 0 Å². The van der Waals surface area contributed by atoms with E-state index in [1.165, 1.54) is 0 Å². The molecular weight excluding hydrogens is 212 g/mol. The number of ether oxygens (including phenoxy) is 1. The lowest BCUT2D eigenvalue weighted by atomic mass is 10.2. The summed E-state index contributed by atoms with van der Waals surface area (Å²) in [6, 6.07) is 16.8. The van der Waals surface area contributed by atoms with E-state index in [-0.39, 0.29) is 0 Å². The van der Waals surface area contributed by atoms with Gasteiger partial charge in [-0.25, -0.2) is 0 Å². The number of benzene rings is 2. The molecule has 0 aromatic heterocycles. The van der Waals surface area contributed by atoms with Gasteiger partial charge in [-0.2, -0.15) is 5.26 Å². The van der Waals surface area contributed by atoms with Gasteiger partial charge in [0.05, 0.1) is 5.56 Å². The maximum absolute atomic E-state index is 8.94. The van der Waals surface area contributed by atoms with Crippen LogP contribution in [0.15, 0.2) is 48.5 Å². The molecule has 17 heavy (non-hydrogen) atoms. The van der Waals surface area contributed by atoms with Gasteiger partial charge in [0.15, 0.2) is 0 Å². The summed E-state index contributed by atoms with van der Waals surface area (Å²) >= 11 is 0. The number of para-hydroxylation sites is 1. The highest BCUT2D eigenvalue weighted by Crippen LogP contribution is 2.25. The summed E-state index contributed by atoms with van der Waals surface area (Å²) in [5.74, 6) is 1.29. The largest absolute Gasteiger partial charge is 0.456 e. The van der Waals surface area contributed by atoms with Gasteiger partial charge in [-0.1, -0.05) is 12.1 Å². The first-order valence-electron chi connectivity index (χ1n) is 5.28. The SMILES string of the molecule is CNc1ccc(Oc2ccccc2C#N)cc1. The maximum atomic E-state index is 8.94. The van der Waals surface area contributed by atoms with Crippen molar-refractivity contribution in [2.45, 2.75) is 0 Å². The number of nitrogens with one attached hydrogen (secondary N) is 1. The van der Waals surface area contributed by atoms with Crippen molar-refractivity contribution in [1.29, 1.82) is 5.26 Å². The van der Waals surface area contributed by atoms with Gasteiger partial charge in [0.1, 0.15) is 17.6 Å². The Morgan fingerprint density at radius 2 is 1.76 bits per heavy atom. The van der Waals surface area contributed by atoms with Crippen molar-refractivity contribution >= 4 is 5.69 Å². The van der Waals surface area contributed by atoms with Crippen LogP contribution in [0.2, 0.25) is 0 Å². The maximum Gasteiger partial charge on any atom is 0.145 e. The molecule has 0 heterocycles. The second-order valence-electron chi connectivity index (χ2n) is 3.48. The van der Waals surface area contributed by atoms with Crippen molar-refractivity contribution in [3.63, 3.8) is 0 Å². The average Bonchev–Trinajstić information content (AvgIpc) is 2.40. The highest BCUT2D eigenvalue weighted by atomic mass is 16.5. The number of rotatable bonds is 3. The molecule has 2 aromatic rings. The molecule has 0 spiro atoms. The third-order valence-electron chi connectivity index (χ3n) is 2.38. The number of nitriles is 1. The van der Waals surface area contributed by atoms with Gasteiger partial charge in [-0.05, 0) is 36.4 Å². The summed E-state index contributed by atoms with van der Waals surface area (Å²) in [4.78, 5) is 0. The number of hydrogen-bond acceptors (Lipinski definition) is 3. The van der Waals surface area contributed by atoms with Gasteiger partial charge in [-0.15, -0.1) is 0 Å². The normalized spacial score (nSPS) is 9.41. The molecule has 0 bridgehead atoms. The van der Waals surface area contributed by atoms with E-state index in [4.69, 9.17) is 10.00 Å². The molecule has 0 saturated carbocycles. The van der Waals surface area contributed by atoms with Gasteiger partial charge in [0, 0.05) is 12.7 Å². The summed E-state index contributed by atoms with van der Waals surface area (Å²) in [7, 11) is 1.86. The van der Waals surface area contributed by atoms with E-state index in [0.29, 0.717) is 17.1 Å². The van der Waals surface area contributed by atoms with Crippen molar-refractivity contribution in [1.82, 2.24) is 0 Å². The topological polar surface area (TPSA) is 45.0 Å². The first-order chi connectivity index (χ1) is 8.33. The number of anilines is 1. The average molecular weight is 224 g/mol. The molecule has 0 aliphatic carbocycles. The quantitative estimate of drug-likeness (QED) is 0.869. The first-order valence-corrected chi connectivity index (χ1v) is 5.28. The highest BCUT2D eigenvalue weighted by Gasteiger charge is 2.02. The van der Waals surface area contributed by atoms with Crippen LogP contribution in [0.4, 0.5) is 5.69 Å². The van der Waals surface area contributed by atoms with E-state index in [1.54, 1.807) is 12.1 Å². The van der Waals surface area contributed by atoms with Gasteiger partial charge < -0.3 is 10.1 Å². The summed E-state index contributed by atoms with van der Waals surface area (Å²) in [5.41, 5.74) is 1.55. The van der Waals surface area contributed by atoms with Crippen LogP contribution in [0, 0.1) is 11.3 Å². The van der Waals surface area contributed by atoms with E-state index < -0.39 is 0 Å². The molecule has 0 aliphatic heterocycles. The zero-order valence-corrected chi connectivity index (χ0v) is 9.47. The zero-order valence-electron chi connectivity index (χ0n) is 9.47. The van der Waals surface area contributed by atoms with Crippen LogP contribution in [-0.4, -0.2) is 7.05 Å². The molecule has 0 atom stereocenters. The fourth-order valence-electron chi connectivity index (χ4n) is 1.46. The van der Waals surface area contributed by atoms with E-state index in [1.807, 2.05) is 43.4 Å². The smallest absolute Gasteiger partial charge is 0.145 e. The van der Waals surface area contributed by atoms with Crippen molar-refractivity contribution in [2.24, 2.45) is 0 Å². The highest BCUT2D eigenvalue weighted by molar-refractivity contribution is 5.48.